The second-order valence-corrected chi connectivity index (χ2v) is 7.79. The van der Waals surface area contributed by atoms with Crippen LogP contribution < -0.4 is 5.32 Å². The normalized spacial score (nSPS) is 18.4. The number of esters is 1. The maximum atomic E-state index is 12.2. The van der Waals surface area contributed by atoms with Gasteiger partial charge in [0.1, 0.15) is 5.60 Å². The van der Waals surface area contributed by atoms with Crippen molar-refractivity contribution >= 4 is 29.2 Å². The average molecular weight is 359 g/mol. The molecule has 4 nitrogen and oxygen atoms in total. The first-order valence-corrected chi connectivity index (χ1v) is 8.60. The predicted molar refractivity (Wildman–Crippen MR) is 94.0 cm³/mol. The summed E-state index contributed by atoms with van der Waals surface area (Å²) in [5, 5.41) is 4.55. The number of halogens is 2. The number of carbonyl (C=O) groups excluding carboxylic acids is 1. The van der Waals surface area contributed by atoms with E-state index in [1.165, 1.54) is 0 Å². The number of benzene rings is 1. The van der Waals surface area contributed by atoms with Crippen LogP contribution in [0.5, 0.6) is 0 Å². The van der Waals surface area contributed by atoms with E-state index in [9.17, 15) is 4.79 Å². The molecule has 1 fully saturated rings. The van der Waals surface area contributed by atoms with Crippen LogP contribution in [0, 0.1) is 0 Å². The highest BCUT2D eigenvalue weighted by Gasteiger charge is 2.26. The van der Waals surface area contributed by atoms with Gasteiger partial charge >= 0.3 is 5.97 Å². The smallest absolute Gasteiger partial charge is 0.320 e. The van der Waals surface area contributed by atoms with E-state index in [1.807, 2.05) is 32.9 Å². The van der Waals surface area contributed by atoms with Crippen molar-refractivity contribution < 1.29 is 9.53 Å². The Morgan fingerprint density at radius 2 is 1.96 bits per heavy atom. The molecule has 0 unspecified atom stereocenters. The van der Waals surface area contributed by atoms with Gasteiger partial charge < -0.3 is 10.1 Å². The van der Waals surface area contributed by atoms with Crippen molar-refractivity contribution in [3.05, 3.63) is 33.8 Å². The van der Waals surface area contributed by atoms with Gasteiger partial charge in [0.15, 0.2) is 0 Å². The van der Waals surface area contributed by atoms with E-state index in [1.54, 1.807) is 6.07 Å². The van der Waals surface area contributed by atoms with Crippen molar-refractivity contribution in [2.24, 2.45) is 0 Å². The van der Waals surface area contributed by atoms with Gasteiger partial charge in [-0.15, -0.1) is 0 Å². The Morgan fingerprint density at radius 1 is 1.30 bits per heavy atom. The topological polar surface area (TPSA) is 41.6 Å². The Hall–Kier alpha value is -0.810. The van der Waals surface area contributed by atoms with E-state index in [-0.39, 0.29) is 12.5 Å². The van der Waals surface area contributed by atoms with Gasteiger partial charge in [0.25, 0.3) is 0 Å². The van der Waals surface area contributed by atoms with Gasteiger partial charge in [-0.1, -0.05) is 23.2 Å². The van der Waals surface area contributed by atoms with E-state index in [0.29, 0.717) is 22.6 Å². The van der Waals surface area contributed by atoms with Gasteiger partial charge in [-0.05, 0) is 57.5 Å². The summed E-state index contributed by atoms with van der Waals surface area (Å²) in [6.07, 6.45) is 1.01. The first kappa shape index (κ1) is 18.5. The molecule has 1 aliphatic rings. The summed E-state index contributed by atoms with van der Waals surface area (Å²) >= 11 is 12.2. The van der Waals surface area contributed by atoms with Crippen LogP contribution in [0.15, 0.2) is 18.2 Å². The standard InChI is InChI=1S/C17H24Cl2N2O2/c1-17(2,3)23-16(22)11-21(15-4-5-20-9-15)10-12-6-13(18)8-14(19)7-12/h6-8,15,20H,4-5,9-11H2,1-3H3/t15-/m0/s1. The van der Waals surface area contributed by atoms with E-state index in [0.717, 1.165) is 25.1 Å². The summed E-state index contributed by atoms with van der Waals surface area (Å²) in [4.78, 5) is 14.3. The molecule has 1 aromatic rings. The van der Waals surface area contributed by atoms with Gasteiger partial charge in [0, 0.05) is 29.2 Å². The fraction of sp³-hybridized carbons (Fsp3) is 0.588. The lowest BCUT2D eigenvalue weighted by molar-refractivity contribution is -0.156. The maximum absolute atomic E-state index is 12.2. The molecule has 2 rings (SSSR count). The quantitative estimate of drug-likeness (QED) is 0.817. The zero-order valence-electron chi connectivity index (χ0n) is 13.9. The molecule has 1 saturated heterocycles. The van der Waals surface area contributed by atoms with Crippen LogP contribution in [-0.2, 0) is 16.1 Å². The van der Waals surface area contributed by atoms with E-state index < -0.39 is 5.60 Å². The van der Waals surface area contributed by atoms with Crippen LogP contribution in [0.4, 0.5) is 0 Å². The monoisotopic (exact) mass is 358 g/mol. The first-order chi connectivity index (χ1) is 10.7. The van der Waals surface area contributed by atoms with Gasteiger partial charge in [0.2, 0.25) is 0 Å². The summed E-state index contributed by atoms with van der Waals surface area (Å²) in [6.45, 7) is 8.35. The fourth-order valence-electron chi connectivity index (χ4n) is 2.74. The number of ether oxygens (including phenoxy) is 1. The number of hydrogen-bond acceptors (Lipinski definition) is 4. The minimum atomic E-state index is -0.476. The van der Waals surface area contributed by atoms with Gasteiger partial charge in [0.05, 0.1) is 6.54 Å². The molecule has 23 heavy (non-hydrogen) atoms. The third-order valence-corrected chi connectivity index (χ3v) is 4.05. The van der Waals surface area contributed by atoms with Crippen molar-refractivity contribution in [3.63, 3.8) is 0 Å². The van der Waals surface area contributed by atoms with Gasteiger partial charge in [-0.25, -0.2) is 0 Å². The second kappa shape index (κ2) is 7.84. The van der Waals surface area contributed by atoms with Crippen LogP contribution >= 0.6 is 23.2 Å². The SMILES string of the molecule is CC(C)(C)OC(=O)CN(Cc1cc(Cl)cc(Cl)c1)[C@H]1CCNC1. The molecule has 0 spiro atoms. The molecule has 0 radical (unpaired) electrons. The Morgan fingerprint density at radius 3 is 2.48 bits per heavy atom. The summed E-state index contributed by atoms with van der Waals surface area (Å²) < 4.78 is 5.46. The van der Waals surface area contributed by atoms with Crippen LogP contribution in [0.25, 0.3) is 0 Å². The summed E-state index contributed by atoms with van der Waals surface area (Å²) in [5.74, 6) is -0.211. The van der Waals surface area contributed by atoms with Crippen molar-refractivity contribution in [3.8, 4) is 0 Å². The van der Waals surface area contributed by atoms with Crippen LogP contribution in [0.2, 0.25) is 10.0 Å². The molecular weight excluding hydrogens is 335 g/mol. The lowest BCUT2D eigenvalue weighted by Gasteiger charge is -2.29. The summed E-state index contributed by atoms with van der Waals surface area (Å²) in [7, 11) is 0. The molecule has 1 aromatic carbocycles. The average Bonchev–Trinajstić information content (AvgIpc) is 2.87. The minimum Gasteiger partial charge on any atom is -0.459 e. The van der Waals surface area contributed by atoms with Crippen molar-refractivity contribution in [2.45, 2.75) is 45.4 Å². The molecule has 0 bridgehead atoms. The molecule has 0 aromatic heterocycles. The van der Waals surface area contributed by atoms with Crippen LogP contribution in [-0.4, -0.2) is 42.1 Å². The Kier molecular flexibility index (Phi) is 6.32. The highest BCUT2D eigenvalue weighted by Crippen LogP contribution is 2.22. The van der Waals surface area contributed by atoms with Crippen molar-refractivity contribution in [1.29, 1.82) is 0 Å². The largest absolute Gasteiger partial charge is 0.459 e. The first-order valence-electron chi connectivity index (χ1n) is 7.84. The van der Waals surface area contributed by atoms with Crippen molar-refractivity contribution in [1.82, 2.24) is 10.2 Å². The molecule has 1 N–H and O–H groups in total. The Balaban J connectivity index is 2.09. The Bertz CT molecular complexity index is 532. The number of nitrogens with one attached hydrogen (secondary N) is 1. The van der Waals surface area contributed by atoms with Gasteiger partial charge in [-0.2, -0.15) is 0 Å². The molecular formula is C17H24Cl2N2O2. The molecule has 0 amide bonds. The number of carbonyl (C=O) groups is 1. The summed E-state index contributed by atoms with van der Waals surface area (Å²) in [6, 6.07) is 5.79. The minimum absolute atomic E-state index is 0.211. The molecule has 0 saturated carbocycles. The summed E-state index contributed by atoms with van der Waals surface area (Å²) in [5.41, 5.74) is 0.522. The highest BCUT2D eigenvalue weighted by atomic mass is 35.5. The van der Waals surface area contributed by atoms with E-state index in [4.69, 9.17) is 27.9 Å². The van der Waals surface area contributed by atoms with E-state index >= 15 is 0 Å². The molecule has 128 valence electrons. The lowest BCUT2D eigenvalue weighted by Crippen LogP contribution is -2.41. The molecule has 1 atom stereocenters. The number of nitrogens with zero attached hydrogens (tertiary/aromatic N) is 1. The zero-order chi connectivity index (χ0) is 17.0. The fourth-order valence-corrected chi connectivity index (χ4v) is 3.31. The maximum Gasteiger partial charge on any atom is 0.320 e. The number of rotatable bonds is 5. The Labute approximate surface area is 148 Å². The lowest BCUT2D eigenvalue weighted by atomic mass is 10.1. The zero-order valence-corrected chi connectivity index (χ0v) is 15.4. The highest BCUT2D eigenvalue weighted by molar-refractivity contribution is 6.34. The third-order valence-electron chi connectivity index (χ3n) is 3.61. The second-order valence-electron chi connectivity index (χ2n) is 6.92. The van der Waals surface area contributed by atoms with E-state index in [2.05, 4.69) is 10.2 Å². The van der Waals surface area contributed by atoms with Gasteiger partial charge in [-0.3, -0.25) is 9.69 Å². The predicted octanol–water partition coefficient (Wildman–Crippen LogP) is 3.50. The van der Waals surface area contributed by atoms with Crippen molar-refractivity contribution in [2.75, 3.05) is 19.6 Å². The third kappa shape index (κ3) is 6.30. The molecule has 6 heteroatoms. The van der Waals surface area contributed by atoms with Crippen LogP contribution in [0.1, 0.15) is 32.8 Å². The molecule has 1 heterocycles. The molecule has 1 aliphatic heterocycles. The number of hydrogen-bond donors (Lipinski definition) is 1. The van der Waals surface area contributed by atoms with Crippen LogP contribution in [0.3, 0.4) is 0 Å². The molecule has 0 aliphatic carbocycles.